The molecule has 1 aliphatic heterocycles. The Kier molecular flexibility index (Phi) is 3.66. The average molecular weight is 259 g/mol. The molecular weight excluding hydrogens is 242 g/mol. The van der Waals surface area contributed by atoms with Gasteiger partial charge in [-0.25, -0.2) is 8.42 Å². The Labute approximate surface area is 101 Å². The highest BCUT2D eigenvalue weighted by atomic mass is 32.2. The molecule has 2 rings (SSSR count). The topological polar surface area (TPSA) is 37.4 Å². The van der Waals surface area contributed by atoms with Crippen LogP contribution in [0.25, 0.3) is 0 Å². The van der Waals surface area contributed by atoms with Crippen molar-refractivity contribution in [3.63, 3.8) is 0 Å². The molecule has 1 fully saturated rings. The van der Waals surface area contributed by atoms with E-state index in [1.54, 1.807) is 15.6 Å². The van der Waals surface area contributed by atoms with Gasteiger partial charge in [0.25, 0.3) is 0 Å². The van der Waals surface area contributed by atoms with Gasteiger partial charge in [0.15, 0.2) is 0 Å². The SMILES string of the molecule is CS(=O)(=O)N1CCCCCC1c1cccs1. The van der Waals surface area contributed by atoms with Crippen LogP contribution < -0.4 is 0 Å². The molecule has 5 heteroatoms. The first kappa shape index (κ1) is 12.1. The molecule has 1 saturated heterocycles. The van der Waals surface area contributed by atoms with Crippen LogP contribution in [0, 0.1) is 0 Å². The predicted molar refractivity (Wildman–Crippen MR) is 67.1 cm³/mol. The Balaban J connectivity index is 2.30. The summed E-state index contributed by atoms with van der Waals surface area (Å²) in [5.41, 5.74) is 0. The third-order valence-corrected chi connectivity index (χ3v) is 5.26. The molecule has 1 aromatic heterocycles. The third-order valence-electron chi connectivity index (χ3n) is 3.00. The highest BCUT2D eigenvalue weighted by Gasteiger charge is 2.29. The minimum absolute atomic E-state index is 0.0671. The normalized spacial score (nSPS) is 24.2. The highest BCUT2D eigenvalue weighted by Crippen LogP contribution is 2.34. The van der Waals surface area contributed by atoms with Crippen LogP contribution in [-0.4, -0.2) is 25.5 Å². The van der Waals surface area contributed by atoms with E-state index in [0.717, 1.165) is 25.7 Å². The van der Waals surface area contributed by atoms with Crippen LogP contribution in [0.4, 0.5) is 0 Å². The molecule has 0 aliphatic carbocycles. The molecule has 16 heavy (non-hydrogen) atoms. The summed E-state index contributed by atoms with van der Waals surface area (Å²) < 4.78 is 25.2. The Hall–Kier alpha value is -0.390. The van der Waals surface area contributed by atoms with Crippen molar-refractivity contribution in [2.24, 2.45) is 0 Å². The van der Waals surface area contributed by atoms with E-state index in [0.29, 0.717) is 6.54 Å². The van der Waals surface area contributed by atoms with E-state index < -0.39 is 10.0 Å². The minimum Gasteiger partial charge on any atom is -0.212 e. The van der Waals surface area contributed by atoms with Gasteiger partial charge in [0.2, 0.25) is 10.0 Å². The van der Waals surface area contributed by atoms with Crippen LogP contribution in [0.5, 0.6) is 0 Å². The summed E-state index contributed by atoms with van der Waals surface area (Å²) in [6.07, 6.45) is 5.50. The van der Waals surface area contributed by atoms with Crippen molar-refractivity contribution in [3.05, 3.63) is 22.4 Å². The van der Waals surface area contributed by atoms with Gasteiger partial charge in [-0.3, -0.25) is 0 Å². The molecule has 1 aliphatic rings. The van der Waals surface area contributed by atoms with Crippen molar-refractivity contribution in [3.8, 4) is 0 Å². The Morgan fingerprint density at radius 3 is 2.81 bits per heavy atom. The zero-order valence-electron chi connectivity index (χ0n) is 9.43. The molecule has 0 saturated carbocycles. The van der Waals surface area contributed by atoms with Gasteiger partial charge >= 0.3 is 0 Å². The summed E-state index contributed by atoms with van der Waals surface area (Å²) in [6, 6.07) is 4.10. The van der Waals surface area contributed by atoms with Gasteiger partial charge in [0, 0.05) is 11.4 Å². The van der Waals surface area contributed by atoms with Crippen molar-refractivity contribution in [1.29, 1.82) is 0 Å². The summed E-state index contributed by atoms with van der Waals surface area (Å²) in [4.78, 5) is 1.17. The molecule has 3 nitrogen and oxygen atoms in total. The maximum absolute atomic E-state index is 11.8. The molecule has 0 N–H and O–H groups in total. The fraction of sp³-hybridized carbons (Fsp3) is 0.636. The van der Waals surface area contributed by atoms with Crippen LogP contribution in [0.1, 0.15) is 36.6 Å². The average Bonchev–Trinajstić information content (AvgIpc) is 2.60. The Bertz CT molecular complexity index is 425. The van der Waals surface area contributed by atoms with E-state index in [9.17, 15) is 8.42 Å². The Morgan fingerprint density at radius 2 is 2.19 bits per heavy atom. The quantitative estimate of drug-likeness (QED) is 0.818. The summed E-state index contributed by atoms with van der Waals surface area (Å²) >= 11 is 1.65. The first-order chi connectivity index (χ1) is 7.59. The van der Waals surface area contributed by atoms with E-state index in [2.05, 4.69) is 0 Å². The largest absolute Gasteiger partial charge is 0.212 e. The monoisotopic (exact) mass is 259 g/mol. The molecule has 0 spiro atoms. The van der Waals surface area contributed by atoms with Crippen LogP contribution in [-0.2, 0) is 10.0 Å². The maximum atomic E-state index is 11.8. The molecule has 0 radical (unpaired) electrons. The first-order valence-electron chi connectivity index (χ1n) is 5.59. The maximum Gasteiger partial charge on any atom is 0.211 e. The van der Waals surface area contributed by atoms with Gasteiger partial charge in [-0.05, 0) is 24.3 Å². The molecule has 1 aromatic rings. The second-order valence-electron chi connectivity index (χ2n) is 4.25. The lowest BCUT2D eigenvalue weighted by atomic mass is 10.1. The van der Waals surface area contributed by atoms with Crippen LogP contribution >= 0.6 is 11.3 Å². The lowest BCUT2D eigenvalue weighted by molar-refractivity contribution is 0.335. The van der Waals surface area contributed by atoms with E-state index in [-0.39, 0.29) is 6.04 Å². The Morgan fingerprint density at radius 1 is 1.38 bits per heavy atom. The van der Waals surface area contributed by atoms with Gasteiger partial charge < -0.3 is 0 Å². The number of hydrogen-bond acceptors (Lipinski definition) is 3. The summed E-state index contributed by atoms with van der Waals surface area (Å²) in [7, 11) is -3.08. The van der Waals surface area contributed by atoms with Crippen molar-refractivity contribution in [2.75, 3.05) is 12.8 Å². The van der Waals surface area contributed by atoms with Crippen molar-refractivity contribution in [2.45, 2.75) is 31.7 Å². The van der Waals surface area contributed by atoms with Crippen molar-refractivity contribution < 1.29 is 8.42 Å². The molecule has 1 unspecified atom stereocenters. The van der Waals surface area contributed by atoms with Crippen LogP contribution in [0.2, 0.25) is 0 Å². The third kappa shape index (κ3) is 2.64. The van der Waals surface area contributed by atoms with Gasteiger partial charge in [-0.15, -0.1) is 11.3 Å². The fourth-order valence-electron chi connectivity index (χ4n) is 2.24. The number of hydrogen-bond donors (Lipinski definition) is 0. The molecule has 0 amide bonds. The molecule has 90 valence electrons. The number of sulfonamides is 1. The lowest BCUT2D eigenvalue weighted by Crippen LogP contribution is -2.33. The van der Waals surface area contributed by atoms with Gasteiger partial charge in [-0.1, -0.05) is 18.9 Å². The minimum atomic E-state index is -3.08. The number of rotatable bonds is 2. The van der Waals surface area contributed by atoms with Gasteiger partial charge in [0.05, 0.1) is 12.3 Å². The fourth-order valence-corrected chi connectivity index (χ4v) is 4.33. The number of nitrogens with zero attached hydrogens (tertiary/aromatic N) is 1. The van der Waals surface area contributed by atoms with Crippen LogP contribution in [0.3, 0.4) is 0 Å². The summed E-state index contributed by atoms with van der Waals surface area (Å²) in [6.45, 7) is 0.668. The number of thiophene rings is 1. The zero-order valence-corrected chi connectivity index (χ0v) is 11.1. The molecule has 0 bridgehead atoms. The molecule has 1 atom stereocenters. The molecule has 0 aromatic carbocycles. The van der Waals surface area contributed by atoms with E-state index in [1.807, 2.05) is 17.5 Å². The van der Waals surface area contributed by atoms with Gasteiger partial charge in [-0.2, -0.15) is 4.31 Å². The molecule has 2 heterocycles. The van der Waals surface area contributed by atoms with Crippen molar-refractivity contribution >= 4 is 21.4 Å². The summed E-state index contributed by atoms with van der Waals surface area (Å²) in [5, 5.41) is 2.01. The van der Waals surface area contributed by atoms with E-state index >= 15 is 0 Å². The van der Waals surface area contributed by atoms with Gasteiger partial charge in [0.1, 0.15) is 0 Å². The van der Waals surface area contributed by atoms with E-state index in [4.69, 9.17) is 0 Å². The van der Waals surface area contributed by atoms with Crippen molar-refractivity contribution in [1.82, 2.24) is 4.31 Å². The summed E-state index contributed by atoms with van der Waals surface area (Å²) in [5.74, 6) is 0. The molecular formula is C11H17NO2S2. The van der Waals surface area contributed by atoms with Crippen LogP contribution in [0.15, 0.2) is 17.5 Å². The highest BCUT2D eigenvalue weighted by molar-refractivity contribution is 7.88. The zero-order chi connectivity index (χ0) is 11.6. The van der Waals surface area contributed by atoms with E-state index in [1.165, 1.54) is 11.1 Å². The first-order valence-corrected chi connectivity index (χ1v) is 8.32. The lowest BCUT2D eigenvalue weighted by Gasteiger charge is -2.26. The predicted octanol–water partition coefficient (Wildman–Crippen LogP) is 2.62. The standard InChI is InChI=1S/C11H17NO2S2/c1-16(13,14)12-8-4-2-3-6-10(12)11-7-5-9-15-11/h5,7,9-10H,2-4,6,8H2,1H3. The second kappa shape index (κ2) is 4.85. The smallest absolute Gasteiger partial charge is 0.211 e. The second-order valence-corrected chi connectivity index (χ2v) is 7.17.